The van der Waals surface area contributed by atoms with Crippen LogP contribution in [0.25, 0.3) is 10.8 Å². The van der Waals surface area contributed by atoms with Crippen molar-refractivity contribution in [3.63, 3.8) is 0 Å². The minimum absolute atomic E-state index is 0.763. The van der Waals surface area contributed by atoms with E-state index in [1.54, 1.807) is 0 Å². The van der Waals surface area contributed by atoms with E-state index in [4.69, 9.17) is 9.47 Å². The van der Waals surface area contributed by atoms with Crippen molar-refractivity contribution in [2.75, 3.05) is 70.7 Å². The first-order valence-corrected chi connectivity index (χ1v) is 17.0. The van der Waals surface area contributed by atoms with Crippen LogP contribution in [0.4, 0.5) is 0 Å². The van der Waals surface area contributed by atoms with E-state index in [2.05, 4.69) is 61.7 Å². The quantitative estimate of drug-likeness (QED) is 0.134. The number of fused-ring (bicyclic) bond motifs is 1. The first-order chi connectivity index (χ1) is 15.8. The lowest BCUT2D eigenvalue weighted by Gasteiger charge is -2.11. The van der Waals surface area contributed by atoms with Crippen molar-refractivity contribution in [1.29, 1.82) is 0 Å². The lowest BCUT2D eigenvalue weighted by molar-refractivity contribution is 0.318. The van der Waals surface area contributed by atoms with Crippen LogP contribution >= 0.6 is 72.3 Å². The van der Waals surface area contributed by atoms with Gasteiger partial charge >= 0.3 is 0 Å². The molecule has 0 amide bonds. The second-order valence-corrected chi connectivity index (χ2v) is 12.7. The number of hydrogen-bond acceptors (Lipinski definition) is 8. The summed E-state index contributed by atoms with van der Waals surface area (Å²) in [6.07, 6.45) is 2.15. The van der Waals surface area contributed by atoms with Gasteiger partial charge in [-0.15, -0.1) is 0 Å². The molecule has 0 spiro atoms. The Morgan fingerprint density at radius 3 is 1.84 bits per heavy atom. The molecule has 0 N–H and O–H groups in total. The van der Waals surface area contributed by atoms with Crippen molar-refractivity contribution in [2.24, 2.45) is 0 Å². The maximum atomic E-state index is 6.09. The fourth-order valence-electron chi connectivity index (χ4n) is 2.91. The van der Waals surface area contributed by atoms with Crippen LogP contribution < -0.4 is 9.47 Å². The zero-order valence-corrected chi connectivity index (χ0v) is 23.8. The number of thioether (sulfide) groups is 4. The standard InChI is InChI=1S/C24H36O2S6/c27-10-14-31-18-16-29-12-2-8-25-22-6-7-23-21(20-22)4-1-5-24(23)26-9-3-13-30-17-19-32-15-11-28/h1,4-7,20,27-28H,2-3,8-19H2. The molecule has 8 heteroatoms. The molecule has 0 aliphatic carbocycles. The lowest BCUT2D eigenvalue weighted by atomic mass is 10.1. The smallest absolute Gasteiger partial charge is 0.127 e. The fourth-order valence-corrected chi connectivity index (χ4v) is 7.29. The number of rotatable bonds is 20. The van der Waals surface area contributed by atoms with Crippen molar-refractivity contribution < 1.29 is 9.47 Å². The van der Waals surface area contributed by atoms with Crippen LogP contribution in [0.1, 0.15) is 12.8 Å². The summed E-state index contributed by atoms with van der Waals surface area (Å²) < 4.78 is 12.1. The topological polar surface area (TPSA) is 18.5 Å². The largest absolute Gasteiger partial charge is 0.494 e. The van der Waals surface area contributed by atoms with E-state index < -0.39 is 0 Å². The molecule has 0 bridgehead atoms. The molecule has 0 fully saturated rings. The molecule has 0 aliphatic heterocycles. The molecule has 2 rings (SSSR count). The molecule has 0 aromatic heterocycles. The lowest BCUT2D eigenvalue weighted by Crippen LogP contribution is -2.01. The highest BCUT2D eigenvalue weighted by atomic mass is 32.2. The van der Waals surface area contributed by atoms with E-state index >= 15 is 0 Å². The number of hydrogen-bond donors (Lipinski definition) is 2. The van der Waals surface area contributed by atoms with Crippen molar-refractivity contribution in [3.05, 3.63) is 36.4 Å². The minimum atomic E-state index is 0.763. The van der Waals surface area contributed by atoms with Crippen molar-refractivity contribution in [3.8, 4) is 11.5 Å². The van der Waals surface area contributed by atoms with Crippen molar-refractivity contribution in [1.82, 2.24) is 0 Å². The van der Waals surface area contributed by atoms with Gasteiger partial charge in [0, 0.05) is 39.9 Å². The zero-order chi connectivity index (χ0) is 22.7. The Morgan fingerprint density at radius 1 is 0.625 bits per heavy atom. The van der Waals surface area contributed by atoms with E-state index in [-0.39, 0.29) is 0 Å². The predicted molar refractivity (Wildman–Crippen MR) is 161 cm³/mol. The molecular formula is C24H36O2S6. The van der Waals surface area contributed by atoms with Gasteiger partial charge in [0.1, 0.15) is 11.5 Å². The van der Waals surface area contributed by atoms with E-state index in [1.807, 2.05) is 47.0 Å². The number of thiol groups is 2. The normalized spacial score (nSPS) is 11.2. The fraction of sp³-hybridized carbons (Fsp3) is 0.583. The summed E-state index contributed by atoms with van der Waals surface area (Å²) in [7, 11) is 0. The summed E-state index contributed by atoms with van der Waals surface area (Å²) in [4.78, 5) is 0. The van der Waals surface area contributed by atoms with Crippen LogP contribution in [-0.4, -0.2) is 70.7 Å². The molecule has 0 saturated carbocycles. The average molecular weight is 549 g/mol. The summed E-state index contributed by atoms with van der Waals surface area (Å²) in [5, 5.41) is 2.33. The number of benzene rings is 2. The van der Waals surface area contributed by atoms with Crippen LogP contribution in [0.15, 0.2) is 36.4 Å². The summed E-state index contributed by atoms with van der Waals surface area (Å²) in [5.41, 5.74) is 0. The molecule has 180 valence electrons. The summed E-state index contributed by atoms with van der Waals surface area (Å²) in [5.74, 6) is 13.3. The second-order valence-electron chi connectivity index (χ2n) is 6.94. The molecule has 32 heavy (non-hydrogen) atoms. The van der Waals surface area contributed by atoms with E-state index in [0.29, 0.717) is 0 Å². The van der Waals surface area contributed by atoms with Crippen LogP contribution in [0, 0.1) is 0 Å². The average Bonchev–Trinajstić information content (AvgIpc) is 2.82. The minimum Gasteiger partial charge on any atom is -0.494 e. The number of ether oxygens (including phenoxy) is 2. The monoisotopic (exact) mass is 548 g/mol. The van der Waals surface area contributed by atoms with E-state index in [1.165, 1.54) is 28.4 Å². The molecule has 0 unspecified atom stereocenters. The van der Waals surface area contributed by atoms with Gasteiger partial charge < -0.3 is 9.47 Å². The molecule has 0 saturated heterocycles. The Bertz CT molecular complexity index is 731. The highest BCUT2D eigenvalue weighted by molar-refractivity contribution is 8.03. The Morgan fingerprint density at radius 2 is 1.22 bits per heavy atom. The highest BCUT2D eigenvalue weighted by Gasteiger charge is 2.04. The summed E-state index contributed by atoms with van der Waals surface area (Å²) in [6.45, 7) is 1.53. The Hall–Kier alpha value is 0.400. The van der Waals surface area contributed by atoms with Crippen LogP contribution in [0.5, 0.6) is 11.5 Å². The first-order valence-electron chi connectivity index (χ1n) is 11.2. The predicted octanol–water partition coefficient (Wildman–Crippen LogP) is 7.17. The zero-order valence-electron chi connectivity index (χ0n) is 18.7. The second kappa shape index (κ2) is 19.7. The molecule has 2 nitrogen and oxygen atoms in total. The third-order valence-electron chi connectivity index (χ3n) is 4.42. The maximum absolute atomic E-state index is 6.09. The van der Waals surface area contributed by atoms with Gasteiger partial charge in [-0.25, -0.2) is 0 Å². The van der Waals surface area contributed by atoms with Gasteiger partial charge in [-0.1, -0.05) is 12.1 Å². The van der Waals surface area contributed by atoms with Gasteiger partial charge in [-0.05, 0) is 65.5 Å². The third kappa shape index (κ3) is 12.7. The first kappa shape index (κ1) is 28.6. The molecule has 0 aliphatic rings. The SMILES string of the molecule is SCCSCCSCCCOc1ccc2c(OCCCSCCSCCS)cccc2c1. The molecule has 0 atom stereocenters. The molecular weight excluding hydrogens is 513 g/mol. The van der Waals surface area contributed by atoms with Gasteiger partial charge in [0.2, 0.25) is 0 Å². The van der Waals surface area contributed by atoms with Gasteiger partial charge in [-0.2, -0.15) is 72.3 Å². The van der Waals surface area contributed by atoms with Crippen LogP contribution in [0.3, 0.4) is 0 Å². The molecule has 0 radical (unpaired) electrons. The summed E-state index contributed by atoms with van der Waals surface area (Å²) in [6, 6.07) is 12.6. The van der Waals surface area contributed by atoms with Gasteiger partial charge in [0.25, 0.3) is 0 Å². The Kier molecular flexibility index (Phi) is 17.6. The molecule has 2 aromatic rings. The Balaban J connectivity index is 1.64. The van der Waals surface area contributed by atoms with E-state index in [9.17, 15) is 0 Å². The van der Waals surface area contributed by atoms with E-state index in [0.717, 1.165) is 77.5 Å². The van der Waals surface area contributed by atoms with Crippen LogP contribution in [-0.2, 0) is 0 Å². The molecule has 2 aromatic carbocycles. The van der Waals surface area contributed by atoms with Crippen LogP contribution in [0.2, 0.25) is 0 Å². The highest BCUT2D eigenvalue weighted by Crippen LogP contribution is 2.29. The van der Waals surface area contributed by atoms with Crippen molar-refractivity contribution >= 4 is 83.1 Å². The maximum Gasteiger partial charge on any atom is 0.127 e. The van der Waals surface area contributed by atoms with Gasteiger partial charge in [-0.3, -0.25) is 0 Å². The van der Waals surface area contributed by atoms with Crippen molar-refractivity contribution in [2.45, 2.75) is 12.8 Å². The summed E-state index contributed by atoms with van der Waals surface area (Å²) >= 11 is 16.5. The van der Waals surface area contributed by atoms with Gasteiger partial charge in [0.05, 0.1) is 13.2 Å². The van der Waals surface area contributed by atoms with Gasteiger partial charge in [0.15, 0.2) is 0 Å². The molecule has 0 heterocycles. The third-order valence-corrected chi connectivity index (χ3v) is 10.1. The Labute approximate surface area is 222 Å².